The Bertz CT molecular complexity index is 1110. The van der Waals surface area contributed by atoms with Gasteiger partial charge in [-0.25, -0.2) is 4.79 Å². The number of benzene rings is 3. The Morgan fingerprint density at radius 2 is 1.71 bits per heavy atom. The number of hydrogen-bond acceptors (Lipinski definition) is 4. The Hall–Kier alpha value is -3.58. The van der Waals surface area contributed by atoms with Crippen LogP contribution < -0.4 is 14.8 Å². The van der Waals surface area contributed by atoms with Crippen LogP contribution in [0, 0.1) is 0 Å². The first kappa shape index (κ1) is 22.1. The van der Waals surface area contributed by atoms with Crippen LogP contribution in [0.4, 0.5) is 0 Å². The summed E-state index contributed by atoms with van der Waals surface area (Å²) >= 11 is 3.48. The highest BCUT2D eigenvalue weighted by Gasteiger charge is 2.14. The number of rotatable bonds is 8. The molecule has 0 fully saturated rings. The third-order valence-electron chi connectivity index (χ3n) is 4.35. The molecule has 0 aromatic heterocycles. The van der Waals surface area contributed by atoms with E-state index in [9.17, 15) is 14.7 Å². The van der Waals surface area contributed by atoms with Crippen LogP contribution in [-0.4, -0.2) is 24.1 Å². The van der Waals surface area contributed by atoms with Gasteiger partial charge in [0, 0.05) is 15.6 Å². The van der Waals surface area contributed by atoms with Gasteiger partial charge >= 0.3 is 5.97 Å². The zero-order chi connectivity index (χ0) is 22.2. The molecule has 2 N–H and O–H groups in total. The molecule has 0 aliphatic rings. The van der Waals surface area contributed by atoms with E-state index in [1.54, 1.807) is 48.5 Å². The largest absolute Gasteiger partial charge is 0.493 e. The molecule has 0 unspecified atom stereocenters. The number of hydrogen-bond donors (Lipinski definition) is 2. The predicted octanol–water partition coefficient (Wildman–Crippen LogP) is 4.89. The van der Waals surface area contributed by atoms with Crippen molar-refractivity contribution < 1.29 is 24.2 Å². The summed E-state index contributed by atoms with van der Waals surface area (Å²) in [4.78, 5) is 24.0. The second kappa shape index (κ2) is 10.4. The fourth-order valence-corrected chi connectivity index (χ4v) is 3.17. The minimum Gasteiger partial charge on any atom is -0.493 e. The number of carboxylic acids is 1. The molecule has 6 nitrogen and oxygen atoms in total. The number of ether oxygens (including phenoxy) is 2. The normalized spacial score (nSPS) is 11.0. The molecular weight excluding hydrogens is 462 g/mol. The summed E-state index contributed by atoms with van der Waals surface area (Å²) in [6.07, 6.45) is 1.36. The lowest BCUT2D eigenvalue weighted by molar-refractivity contribution is -0.132. The average Bonchev–Trinajstić information content (AvgIpc) is 2.79. The standard InChI is InChI=1S/C24H20BrNO5/c1-30-22-14-16(11-12-21(22)31-15-18-9-5-6-10-19(18)25)13-20(24(28)29)26-23(27)17-7-3-2-4-8-17/h2-14H,15H2,1H3,(H,26,27)(H,28,29). The minimum absolute atomic E-state index is 0.252. The molecule has 0 saturated heterocycles. The molecule has 1 amide bonds. The summed E-state index contributed by atoms with van der Waals surface area (Å²) in [6.45, 7) is 0.334. The highest BCUT2D eigenvalue weighted by Crippen LogP contribution is 2.30. The van der Waals surface area contributed by atoms with Crippen molar-refractivity contribution in [2.45, 2.75) is 6.61 Å². The lowest BCUT2D eigenvalue weighted by atomic mass is 10.1. The van der Waals surface area contributed by atoms with Gasteiger partial charge in [-0.05, 0) is 42.0 Å². The summed E-state index contributed by atoms with van der Waals surface area (Å²) in [5.74, 6) is -0.798. The Morgan fingerprint density at radius 3 is 2.39 bits per heavy atom. The van der Waals surface area contributed by atoms with Gasteiger partial charge in [0.15, 0.2) is 11.5 Å². The topological polar surface area (TPSA) is 84.9 Å². The maximum absolute atomic E-state index is 12.3. The van der Waals surface area contributed by atoms with E-state index in [0.29, 0.717) is 29.2 Å². The molecule has 3 rings (SSSR count). The summed E-state index contributed by atoms with van der Waals surface area (Å²) in [5.41, 5.74) is 1.63. The van der Waals surface area contributed by atoms with Crippen LogP contribution in [0.25, 0.3) is 6.08 Å². The Balaban J connectivity index is 1.79. The molecule has 0 heterocycles. The van der Waals surface area contributed by atoms with Gasteiger partial charge in [-0.1, -0.05) is 58.4 Å². The van der Waals surface area contributed by atoms with Crippen molar-refractivity contribution in [1.82, 2.24) is 5.32 Å². The monoisotopic (exact) mass is 481 g/mol. The van der Waals surface area contributed by atoms with E-state index in [1.807, 2.05) is 24.3 Å². The van der Waals surface area contributed by atoms with E-state index in [1.165, 1.54) is 13.2 Å². The molecule has 0 aliphatic carbocycles. The van der Waals surface area contributed by atoms with Crippen LogP contribution in [0.3, 0.4) is 0 Å². The number of carboxylic acid groups (broad SMARTS) is 1. The lowest BCUT2D eigenvalue weighted by Gasteiger charge is -2.13. The predicted molar refractivity (Wildman–Crippen MR) is 121 cm³/mol. The molecule has 0 saturated carbocycles. The van der Waals surface area contributed by atoms with Gasteiger partial charge < -0.3 is 19.9 Å². The quantitative estimate of drug-likeness (QED) is 0.447. The fourth-order valence-electron chi connectivity index (χ4n) is 2.77. The number of carbonyl (C=O) groups is 2. The first-order valence-electron chi connectivity index (χ1n) is 9.33. The van der Waals surface area contributed by atoms with Crippen molar-refractivity contribution in [2.24, 2.45) is 0 Å². The van der Waals surface area contributed by atoms with Crippen molar-refractivity contribution in [1.29, 1.82) is 0 Å². The highest BCUT2D eigenvalue weighted by molar-refractivity contribution is 9.10. The number of methoxy groups -OCH3 is 1. The zero-order valence-corrected chi connectivity index (χ0v) is 18.3. The smallest absolute Gasteiger partial charge is 0.352 e. The number of halogens is 1. The van der Waals surface area contributed by atoms with Crippen LogP contribution >= 0.6 is 15.9 Å². The van der Waals surface area contributed by atoms with Crippen LogP contribution in [0.1, 0.15) is 21.5 Å². The van der Waals surface area contributed by atoms with Gasteiger partial charge in [0.2, 0.25) is 0 Å². The van der Waals surface area contributed by atoms with Gasteiger partial charge in [0.05, 0.1) is 7.11 Å². The Kier molecular flexibility index (Phi) is 7.45. The number of aliphatic carboxylic acids is 1. The third kappa shape index (κ3) is 5.96. The van der Waals surface area contributed by atoms with Crippen molar-refractivity contribution in [3.05, 3.63) is 99.7 Å². The van der Waals surface area contributed by atoms with Crippen LogP contribution in [0.2, 0.25) is 0 Å². The van der Waals surface area contributed by atoms with Gasteiger partial charge in [0.1, 0.15) is 12.3 Å². The summed E-state index contributed by atoms with van der Waals surface area (Å²) in [5, 5.41) is 11.9. The van der Waals surface area contributed by atoms with Crippen molar-refractivity contribution in [3.8, 4) is 11.5 Å². The molecule has 0 aliphatic heterocycles. The molecular formula is C24H20BrNO5. The average molecular weight is 482 g/mol. The summed E-state index contributed by atoms with van der Waals surface area (Å²) < 4.78 is 12.2. The second-order valence-corrected chi connectivity index (χ2v) is 7.33. The van der Waals surface area contributed by atoms with E-state index < -0.39 is 11.9 Å². The molecule has 0 radical (unpaired) electrons. The highest BCUT2D eigenvalue weighted by atomic mass is 79.9. The second-order valence-electron chi connectivity index (χ2n) is 6.47. The van der Waals surface area contributed by atoms with E-state index >= 15 is 0 Å². The number of amides is 1. The minimum atomic E-state index is -1.25. The number of carbonyl (C=O) groups excluding carboxylic acids is 1. The van der Waals surface area contributed by atoms with Gasteiger partial charge in [0.25, 0.3) is 5.91 Å². The molecule has 3 aromatic rings. The van der Waals surface area contributed by atoms with Crippen LogP contribution in [0.5, 0.6) is 11.5 Å². The summed E-state index contributed by atoms with van der Waals surface area (Å²) in [7, 11) is 1.50. The zero-order valence-electron chi connectivity index (χ0n) is 16.7. The van der Waals surface area contributed by atoms with E-state index in [2.05, 4.69) is 21.2 Å². The SMILES string of the molecule is COc1cc(C=C(NC(=O)c2ccccc2)C(=O)O)ccc1OCc1ccccc1Br. The van der Waals surface area contributed by atoms with Crippen molar-refractivity contribution in [2.75, 3.05) is 7.11 Å². The maximum Gasteiger partial charge on any atom is 0.352 e. The molecule has 0 bridgehead atoms. The molecule has 31 heavy (non-hydrogen) atoms. The van der Waals surface area contributed by atoms with Gasteiger partial charge in [-0.15, -0.1) is 0 Å². The Labute approximate surface area is 188 Å². The van der Waals surface area contributed by atoms with Gasteiger partial charge in [-0.3, -0.25) is 4.79 Å². The van der Waals surface area contributed by atoms with E-state index in [4.69, 9.17) is 9.47 Å². The lowest BCUT2D eigenvalue weighted by Crippen LogP contribution is -2.27. The van der Waals surface area contributed by atoms with Gasteiger partial charge in [-0.2, -0.15) is 0 Å². The number of nitrogens with one attached hydrogen (secondary N) is 1. The Morgan fingerprint density at radius 1 is 1.00 bits per heavy atom. The van der Waals surface area contributed by atoms with E-state index in [0.717, 1.165) is 10.0 Å². The molecule has 158 valence electrons. The fraction of sp³-hybridized carbons (Fsp3) is 0.0833. The third-order valence-corrected chi connectivity index (χ3v) is 5.13. The van der Waals surface area contributed by atoms with Crippen LogP contribution in [0.15, 0.2) is 83.0 Å². The molecule has 7 heteroatoms. The van der Waals surface area contributed by atoms with E-state index in [-0.39, 0.29) is 5.70 Å². The van der Waals surface area contributed by atoms with Crippen molar-refractivity contribution >= 4 is 33.9 Å². The first-order valence-corrected chi connectivity index (χ1v) is 10.1. The first-order chi connectivity index (χ1) is 15.0. The van der Waals surface area contributed by atoms with Crippen molar-refractivity contribution in [3.63, 3.8) is 0 Å². The molecule has 0 spiro atoms. The maximum atomic E-state index is 12.3. The van der Waals surface area contributed by atoms with Crippen LogP contribution in [-0.2, 0) is 11.4 Å². The molecule has 0 atom stereocenters. The molecule has 3 aromatic carbocycles. The summed E-state index contributed by atoms with van der Waals surface area (Å²) in [6, 6.07) is 21.2.